The molecule has 0 heterocycles. The molecular formula is C28H34O6. The Morgan fingerprint density at radius 3 is 1.53 bits per heavy atom. The molecular weight excluding hydrogens is 432 g/mol. The molecule has 2 aromatic rings. The van der Waals surface area contributed by atoms with Gasteiger partial charge >= 0.3 is 11.9 Å². The fraction of sp³-hybridized carbons (Fsp3) is 0.429. The first-order valence-electron chi connectivity index (χ1n) is 11.5. The van der Waals surface area contributed by atoms with Gasteiger partial charge in [0.05, 0.1) is 24.0 Å². The highest BCUT2D eigenvalue weighted by atomic mass is 16.5. The number of carbonyl (C=O) groups is 4. The molecule has 0 atom stereocenters. The number of hydrogen-bond donors (Lipinski definition) is 0. The summed E-state index contributed by atoms with van der Waals surface area (Å²) in [6.45, 7) is 11.1. The third-order valence-electron chi connectivity index (χ3n) is 5.59. The van der Waals surface area contributed by atoms with Crippen LogP contribution in [-0.2, 0) is 25.5 Å². The molecule has 0 spiro atoms. The average molecular weight is 467 g/mol. The Morgan fingerprint density at radius 2 is 1.06 bits per heavy atom. The number of ketones is 2. The first kappa shape index (κ1) is 27.0. The van der Waals surface area contributed by atoms with Gasteiger partial charge in [0.25, 0.3) is 0 Å². The SMILES string of the molecule is CCOC(=O)C(C)(C)CC(=O)c1ccc(C(=O)c2ccc(CC(C)(C)C(=O)OCC)cc2)cc1. The zero-order valence-electron chi connectivity index (χ0n) is 20.9. The van der Waals surface area contributed by atoms with E-state index in [9.17, 15) is 19.2 Å². The lowest BCUT2D eigenvalue weighted by atomic mass is 9.85. The van der Waals surface area contributed by atoms with Gasteiger partial charge in [0.15, 0.2) is 11.6 Å². The molecule has 0 aromatic heterocycles. The van der Waals surface area contributed by atoms with Crippen molar-refractivity contribution in [3.8, 4) is 0 Å². The van der Waals surface area contributed by atoms with Gasteiger partial charge in [-0.3, -0.25) is 19.2 Å². The standard InChI is InChI=1S/C28H34O6/c1-7-33-25(31)27(3,4)17-19-9-11-21(12-10-19)24(30)22-15-13-20(14-16-22)23(29)18-28(5,6)26(32)34-8-2/h9-16H,7-8,17-18H2,1-6H3. The molecule has 6 nitrogen and oxygen atoms in total. The topological polar surface area (TPSA) is 86.7 Å². The van der Waals surface area contributed by atoms with Crippen LogP contribution >= 0.6 is 0 Å². The van der Waals surface area contributed by atoms with Crippen LogP contribution in [0.2, 0.25) is 0 Å². The third-order valence-corrected chi connectivity index (χ3v) is 5.59. The van der Waals surface area contributed by atoms with Crippen molar-refractivity contribution in [3.63, 3.8) is 0 Å². The van der Waals surface area contributed by atoms with Crippen LogP contribution in [0.1, 0.15) is 79.8 Å². The van der Waals surface area contributed by atoms with Crippen LogP contribution in [0.4, 0.5) is 0 Å². The Balaban J connectivity index is 2.07. The van der Waals surface area contributed by atoms with E-state index in [1.165, 1.54) is 0 Å². The normalized spacial score (nSPS) is 11.6. The van der Waals surface area contributed by atoms with Crippen molar-refractivity contribution in [1.82, 2.24) is 0 Å². The van der Waals surface area contributed by atoms with Gasteiger partial charge in [-0.05, 0) is 53.5 Å². The number of esters is 2. The van der Waals surface area contributed by atoms with Crippen molar-refractivity contribution in [3.05, 3.63) is 70.8 Å². The second-order valence-electron chi connectivity index (χ2n) is 9.59. The van der Waals surface area contributed by atoms with Crippen LogP contribution < -0.4 is 0 Å². The first-order valence-corrected chi connectivity index (χ1v) is 11.5. The fourth-order valence-electron chi connectivity index (χ4n) is 3.56. The first-order chi connectivity index (χ1) is 15.9. The van der Waals surface area contributed by atoms with E-state index in [2.05, 4.69) is 0 Å². The highest BCUT2D eigenvalue weighted by molar-refractivity contribution is 6.09. The van der Waals surface area contributed by atoms with Crippen LogP contribution in [0.25, 0.3) is 0 Å². The largest absolute Gasteiger partial charge is 0.466 e. The van der Waals surface area contributed by atoms with Crippen LogP contribution in [0.15, 0.2) is 48.5 Å². The average Bonchev–Trinajstić information content (AvgIpc) is 2.79. The Labute approximate surface area is 201 Å². The summed E-state index contributed by atoms with van der Waals surface area (Å²) in [6.07, 6.45) is 0.516. The second-order valence-corrected chi connectivity index (χ2v) is 9.59. The van der Waals surface area contributed by atoms with Gasteiger partial charge in [0, 0.05) is 23.1 Å². The molecule has 0 aliphatic carbocycles. The van der Waals surface area contributed by atoms with Gasteiger partial charge in [-0.2, -0.15) is 0 Å². The highest BCUT2D eigenvalue weighted by Gasteiger charge is 2.32. The molecule has 0 amide bonds. The molecule has 0 N–H and O–H groups in total. The molecule has 0 saturated heterocycles. The number of rotatable bonds is 11. The Bertz CT molecular complexity index is 1030. The summed E-state index contributed by atoms with van der Waals surface area (Å²) < 4.78 is 10.2. The minimum atomic E-state index is -0.925. The lowest BCUT2D eigenvalue weighted by Gasteiger charge is -2.22. The highest BCUT2D eigenvalue weighted by Crippen LogP contribution is 2.26. The van der Waals surface area contributed by atoms with Crippen LogP contribution in [0, 0.1) is 10.8 Å². The zero-order valence-corrected chi connectivity index (χ0v) is 20.9. The molecule has 0 unspecified atom stereocenters. The third kappa shape index (κ3) is 6.86. The van der Waals surface area contributed by atoms with Gasteiger partial charge in [0.2, 0.25) is 0 Å². The van der Waals surface area contributed by atoms with Gasteiger partial charge in [-0.25, -0.2) is 0 Å². The summed E-state index contributed by atoms with van der Waals surface area (Å²) in [5.41, 5.74) is 0.753. The summed E-state index contributed by atoms with van der Waals surface area (Å²) in [4.78, 5) is 49.7. The number of Topliss-reactive ketones (excluding diaryl/α,β-unsaturated/α-hetero) is 1. The van der Waals surface area contributed by atoms with Crippen LogP contribution in [0.3, 0.4) is 0 Å². The van der Waals surface area contributed by atoms with Gasteiger partial charge in [0.1, 0.15) is 0 Å². The molecule has 34 heavy (non-hydrogen) atoms. The molecule has 0 fully saturated rings. The summed E-state index contributed by atoms with van der Waals surface area (Å²) in [5.74, 6) is -1.02. The molecule has 0 bridgehead atoms. The van der Waals surface area contributed by atoms with Crippen LogP contribution in [-0.4, -0.2) is 36.7 Å². The summed E-state index contributed by atoms with van der Waals surface area (Å²) in [6, 6.07) is 13.6. The second kappa shape index (κ2) is 11.2. The van der Waals surface area contributed by atoms with Gasteiger partial charge in [-0.15, -0.1) is 0 Å². The van der Waals surface area contributed by atoms with E-state index in [-0.39, 0.29) is 30.6 Å². The number of ether oxygens (including phenoxy) is 2. The Kier molecular flexibility index (Phi) is 8.91. The smallest absolute Gasteiger partial charge is 0.311 e. The van der Waals surface area contributed by atoms with Gasteiger partial charge in [-0.1, -0.05) is 48.5 Å². The number of carbonyl (C=O) groups excluding carboxylic acids is 4. The molecule has 2 aromatic carbocycles. The van der Waals surface area contributed by atoms with E-state index in [1.807, 2.05) is 26.0 Å². The van der Waals surface area contributed by atoms with E-state index >= 15 is 0 Å². The van der Waals surface area contributed by atoms with Crippen molar-refractivity contribution in [2.24, 2.45) is 10.8 Å². The minimum Gasteiger partial charge on any atom is -0.466 e. The maximum Gasteiger partial charge on any atom is 0.311 e. The lowest BCUT2D eigenvalue weighted by molar-refractivity contribution is -0.154. The monoisotopic (exact) mass is 466 g/mol. The Morgan fingerprint density at radius 1 is 0.647 bits per heavy atom. The molecule has 0 saturated carbocycles. The van der Waals surface area contributed by atoms with Gasteiger partial charge < -0.3 is 9.47 Å². The quantitative estimate of drug-likeness (QED) is 0.334. The van der Waals surface area contributed by atoms with Crippen LogP contribution in [0.5, 0.6) is 0 Å². The van der Waals surface area contributed by atoms with Crippen molar-refractivity contribution in [2.75, 3.05) is 13.2 Å². The lowest BCUT2D eigenvalue weighted by Crippen LogP contribution is -2.29. The molecule has 0 aliphatic rings. The molecule has 182 valence electrons. The summed E-state index contributed by atoms with van der Waals surface area (Å²) in [7, 11) is 0. The van der Waals surface area contributed by atoms with E-state index in [0.29, 0.717) is 29.7 Å². The minimum absolute atomic E-state index is 0.0166. The summed E-state index contributed by atoms with van der Waals surface area (Å²) >= 11 is 0. The molecule has 0 aliphatic heterocycles. The van der Waals surface area contributed by atoms with Crippen molar-refractivity contribution >= 4 is 23.5 Å². The summed E-state index contributed by atoms with van der Waals surface area (Å²) in [5, 5.41) is 0. The van der Waals surface area contributed by atoms with Crippen molar-refractivity contribution < 1.29 is 28.7 Å². The van der Waals surface area contributed by atoms with Crippen molar-refractivity contribution in [1.29, 1.82) is 0 Å². The Hall–Kier alpha value is -3.28. The van der Waals surface area contributed by atoms with E-state index in [1.54, 1.807) is 64.1 Å². The predicted molar refractivity (Wildman–Crippen MR) is 130 cm³/mol. The van der Waals surface area contributed by atoms with E-state index in [0.717, 1.165) is 5.56 Å². The fourth-order valence-corrected chi connectivity index (χ4v) is 3.56. The van der Waals surface area contributed by atoms with Crippen molar-refractivity contribution in [2.45, 2.75) is 54.4 Å². The predicted octanol–water partition coefficient (Wildman–Crippen LogP) is 5.21. The van der Waals surface area contributed by atoms with E-state index < -0.39 is 16.8 Å². The maximum absolute atomic E-state index is 12.9. The number of benzene rings is 2. The maximum atomic E-state index is 12.9. The van der Waals surface area contributed by atoms with E-state index in [4.69, 9.17) is 9.47 Å². The number of hydrogen-bond acceptors (Lipinski definition) is 6. The molecule has 2 rings (SSSR count). The zero-order chi connectivity index (χ0) is 25.5. The molecule has 6 heteroatoms. The molecule has 0 radical (unpaired) electrons.